The van der Waals surface area contributed by atoms with Crippen molar-refractivity contribution >= 4 is 5.91 Å². The zero-order chi connectivity index (χ0) is 11.7. The molecule has 1 saturated carbocycles. The van der Waals surface area contributed by atoms with Crippen LogP contribution in [0.1, 0.15) is 46.0 Å². The summed E-state index contributed by atoms with van der Waals surface area (Å²) in [6, 6.07) is 0. The summed E-state index contributed by atoms with van der Waals surface area (Å²) in [5.41, 5.74) is 9.20. The van der Waals surface area contributed by atoms with E-state index in [9.17, 15) is 4.79 Å². The van der Waals surface area contributed by atoms with Crippen LogP contribution in [0.5, 0.6) is 0 Å². The van der Waals surface area contributed by atoms with Crippen LogP contribution in [-0.4, -0.2) is 5.91 Å². The molecule has 2 nitrogen and oxygen atoms in total. The number of hydrogen-bond donors (Lipinski definition) is 1. The molecule has 0 unspecified atom stereocenters. The average molecular weight is 219 g/mol. The molecular weight excluding hydrogens is 198 g/mol. The molecule has 0 aromatic rings. The average Bonchev–Trinajstić information content (AvgIpc) is 2.61. The molecule has 2 atom stereocenters. The molecule has 0 aromatic heterocycles. The molecule has 2 N–H and O–H groups in total. The van der Waals surface area contributed by atoms with Crippen LogP contribution in [0.25, 0.3) is 0 Å². The fraction of sp³-hybridized carbons (Fsp3) is 0.643. The Morgan fingerprint density at radius 3 is 2.81 bits per heavy atom. The number of primary amides is 1. The standard InChI is InChI=1S/C14H21NO/c1-9-6-7-11-4-3-5-12(13(9)11)8-10(2)14(15)16/h8,11-12H,3-7H2,1-2H3,(H2,15,16)/b10-8+/t11-,12-/m0/s1. The van der Waals surface area contributed by atoms with E-state index in [0.29, 0.717) is 5.92 Å². The van der Waals surface area contributed by atoms with Gasteiger partial charge in [-0.2, -0.15) is 0 Å². The number of amides is 1. The third kappa shape index (κ3) is 2.06. The van der Waals surface area contributed by atoms with Crippen molar-refractivity contribution in [1.82, 2.24) is 0 Å². The second kappa shape index (κ2) is 4.44. The van der Waals surface area contributed by atoms with Crippen LogP contribution < -0.4 is 5.73 Å². The minimum atomic E-state index is -0.279. The second-order valence-corrected chi connectivity index (χ2v) is 5.22. The fourth-order valence-corrected chi connectivity index (χ4v) is 3.25. The van der Waals surface area contributed by atoms with Gasteiger partial charge in [0.25, 0.3) is 0 Å². The van der Waals surface area contributed by atoms with Gasteiger partial charge in [-0.05, 0) is 51.4 Å². The molecule has 1 amide bonds. The molecule has 0 aliphatic heterocycles. The van der Waals surface area contributed by atoms with Crippen molar-refractivity contribution in [2.24, 2.45) is 17.6 Å². The normalized spacial score (nSPS) is 30.5. The van der Waals surface area contributed by atoms with Crippen LogP contribution in [-0.2, 0) is 4.79 Å². The first-order valence-electron chi connectivity index (χ1n) is 6.27. The molecule has 2 aliphatic carbocycles. The van der Waals surface area contributed by atoms with E-state index in [1.807, 2.05) is 6.92 Å². The number of nitrogens with two attached hydrogens (primary N) is 1. The predicted molar refractivity (Wildman–Crippen MR) is 65.7 cm³/mol. The number of fused-ring (bicyclic) bond motifs is 1. The van der Waals surface area contributed by atoms with Gasteiger partial charge in [-0.1, -0.05) is 23.6 Å². The van der Waals surface area contributed by atoms with Crippen LogP contribution >= 0.6 is 0 Å². The van der Waals surface area contributed by atoms with Gasteiger partial charge in [0.2, 0.25) is 5.91 Å². The van der Waals surface area contributed by atoms with Gasteiger partial charge in [0.05, 0.1) is 0 Å². The summed E-state index contributed by atoms with van der Waals surface area (Å²) in [6.45, 7) is 4.08. The lowest BCUT2D eigenvalue weighted by Crippen LogP contribution is -2.18. The van der Waals surface area contributed by atoms with Crippen LogP contribution in [0, 0.1) is 11.8 Å². The first-order valence-corrected chi connectivity index (χ1v) is 6.27. The summed E-state index contributed by atoms with van der Waals surface area (Å²) in [6.07, 6.45) is 8.48. The molecule has 16 heavy (non-hydrogen) atoms. The number of allylic oxidation sites excluding steroid dienone is 3. The minimum absolute atomic E-state index is 0.279. The molecule has 0 heterocycles. The molecule has 2 heteroatoms. The van der Waals surface area contributed by atoms with Gasteiger partial charge in [-0.15, -0.1) is 0 Å². The zero-order valence-corrected chi connectivity index (χ0v) is 10.3. The first kappa shape index (κ1) is 11.4. The van der Waals surface area contributed by atoms with Crippen LogP contribution in [0.3, 0.4) is 0 Å². The maximum Gasteiger partial charge on any atom is 0.244 e. The Labute approximate surface area is 97.6 Å². The predicted octanol–water partition coefficient (Wildman–Crippen LogP) is 2.94. The fourth-order valence-electron chi connectivity index (χ4n) is 3.25. The Bertz CT molecular complexity index is 365. The summed E-state index contributed by atoms with van der Waals surface area (Å²) < 4.78 is 0. The van der Waals surface area contributed by atoms with Gasteiger partial charge in [-0.25, -0.2) is 0 Å². The highest BCUT2D eigenvalue weighted by molar-refractivity contribution is 5.91. The SMILES string of the molecule is CC1=C2[C@@H](CCC[C@H]2/C=C(\C)C(N)=O)CC1. The number of rotatable bonds is 2. The maximum absolute atomic E-state index is 11.1. The van der Waals surface area contributed by atoms with Gasteiger partial charge < -0.3 is 5.73 Å². The Morgan fingerprint density at radius 1 is 1.38 bits per heavy atom. The third-order valence-electron chi connectivity index (χ3n) is 4.11. The monoisotopic (exact) mass is 219 g/mol. The molecule has 0 spiro atoms. The maximum atomic E-state index is 11.1. The minimum Gasteiger partial charge on any atom is -0.366 e. The lowest BCUT2D eigenvalue weighted by atomic mass is 9.77. The van der Waals surface area contributed by atoms with Crippen molar-refractivity contribution < 1.29 is 4.79 Å². The molecule has 0 aromatic carbocycles. The molecular formula is C14H21NO. The molecule has 0 bridgehead atoms. The van der Waals surface area contributed by atoms with Crippen molar-refractivity contribution in [3.63, 3.8) is 0 Å². The number of carbonyl (C=O) groups is 1. The molecule has 0 radical (unpaired) electrons. The van der Waals surface area contributed by atoms with Crippen molar-refractivity contribution in [3.05, 3.63) is 22.8 Å². The molecule has 0 saturated heterocycles. The quantitative estimate of drug-likeness (QED) is 0.563. The van der Waals surface area contributed by atoms with Crippen LogP contribution in [0.15, 0.2) is 22.8 Å². The Morgan fingerprint density at radius 2 is 2.12 bits per heavy atom. The smallest absolute Gasteiger partial charge is 0.244 e. The summed E-state index contributed by atoms with van der Waals surface area (Å²) >= 11 is 0. The first-order chi connectivity index (χ1) is 7.59. The van der Waals surface area contributed by atoms with Gasteiger partial charge in [-0.3, -0.25) is 4.79 Å². The highest BCUT2D eigenvalue weighted by atomic mass is 16.1. The third-order valence-corrected chi connectivity index (χ3v) is 4.11. The Balaban J connectivity index is 2.24. The van der Waals surface area contributed by atoms with Crippen LogP contribution in [0.2, 0.25) is 0 Å². The number of hydrogen-bond acceptors (Lipinski definition) is 1. The molecule has 88 valence electrons. The summed E-state index contributed by atoms with van der Waals surface area (Å²) in [5, 5.41) is 0. The topological polar surface area (TPSA) is 43.1 Å². The second-order valence-electron chi connectivity index (χ2n) is 5.22. The van der Waals surface area contributed by atoms with Gasteiger partial charge in [0.15, 0.2) is 0 Å². The van der Waals surface area contributed by atoms with Crippen molar-refractivity contribution in [1.29, 1.82) is 0 Å². The van der Waals surface area contributed by atoms with Crippen LogP contribution in [0.4, 0.5) is 0 Å². The Hall–Kier alpha value is -1.05. The highest BCUT2D eigenvalue weighted by Gasteiger charge is 2.31. The summed E-state index contributed by atoms with van der Waals surface area (Å²) in [7, 11) is 0. The van der Waals surface area contributed by atoms with Gasteiger partial charge in [0, 0.05) is 5.57 Å². The van der Waals surface area contributed by atoms with Gasteiger partial charge in [0.1, 0.15) is 0 Å². The zero-order valence-electron chi connectivity index (χ0n) is 10.3. The number of carbonyl (C=O) groups excluding carboxylic acids is 1. The van der Waals surface area contributed by atoms with Crippen molar-refractivity contribution in [2.45, 2.75) is 46.0 Å². The molecule has 2 rings (SSSR count). The van der Waals surface area contributed by atoms with E-state index in [1.165, 1.54) is 32.1 Å². The van der Waals surface area contributed by atoms with Crippen molar-refractivity contribution in [3.8, 4) is 0 Å². The van der Waals surface area contributed by atoms with Gasteiger partial charge >= 0.3 is 0 Å². The largest absolute Gasteiger partial charge is 0.366 e. The van der Waals surface area contributed by atoms with Crippen molar-refractivity contribution in [2.75, 3.05) is 0 Å². The van der Waals surface area contributed by atoms with E-state index in [-0.39, 0.29) is 5.91 Å². The summed E-state index contributed by atoms with van der Waals surface area (Å²) in [5.74, 6) is 0.989. The lowest BCUT2D eigenvalue weighted by molar-refractivity contribution is -0.114. The van der Waals surface area contributed by atoms with E-state index >= 15 is 0 Å². The van der Waals surface area contributed by atoms with E-state index in [1.54, 1.807) is 11.1 Å². The molecule has 2 aliphatic rings. The van der Waals surface area contributed by atoms with E-state index in [2.05, 4.69) is 13.0 Å². The molecule has 1 fully saturated rings. The Kier molecular flexibility index (Phi) is 3.17. The highest BCUT2D eigenvalue weighted by Crippen LogP contribution is 2.45. The lowest BCUT2D eigenvalue weighted by Gasteiger charge is -2.28. The summed E-state index contributed by atoms with van der Waals surface area (Å²) in [4.78, 5) is 11.1. The van der Waals surface area contributed by atoms with E-state index < -0.39 is 0 Å². The van der Waals surface area contributed by atoms with E-state index in [0.717, 1.165) is 11.5 Å². The van der Waals surface area contributed by atoms with E-state index in [4.69, 9.17) is 5.73 Å².